The topological polar surface area (TPSA) is 32.7 Å². The highest BCUT2D eigenvalue weighted by Gasteiger charge is 2.28. The van der Waals surface area contributed by atoms with E-state index in [1.165, 1.54) is 12.8 Å². The summed E-state index contributed by atoms with van der Waals surface area (Å²) in [6, 6.07) is 0.736. The van der Waals surface area contributed by atoms with E-state index in [1.807, 2.05) is 0 Å². The van der Waals surface area contributed by atoms with Crippen molar-refractivity contribution >= 4 is 0 Å². The summed E-state index contributed by atoms with van der Waals surface area (Å²) in [7, 11) is 0. The molecule has 0 aromatic rings. The van der Waals surface area contributed by atoms with Crippen molar-refractivity contribution in [2.75, 3.05) is 26.3 Å². The summed E-state index contributed by atoms with van der Waals surface area (Å²) < 4.78 is 5.40. The number of hydrogen-bond donors (Lipinski definition) is 1. The summed E-state index contributed by atoms with van der Waals surface area (Å²) in [5.74, 6) is 0. The predicted molar refractivity (Wildman–Crippen MR) is 62.0 cm³/mol. The van der Waals surface area contributed by atoms with E-state index in [0.29, 0.717) is 6.61 Å². The largest absolute Gasteiger partial charge is 0.389 e. The number of ether oxygens (including phenoxy) is 1. The second-order valence-electron chi connectivity index (χ2n) is 4.40. The third-order valence-electron chi connectivity index (χ3n) is 2.87. The molecular weight excluding hydrogens is 190 g/mol. The Morgan fingerprint density at radius 2 is 2.13 bits per heavy atom. The van der Waals surface area contributed by atoms with Crippen LogP contribution in [-0.2, 0) is 4.74 Å². The van der Waals surface area contributed by atoms with Crippen molar-refractivity contribution in [2.24, 2.45) is 0 Å². The van der Waals surface area contributed by atoms with Gasteiger partial charge < -0.3 is 9.84 Å². The molecule has 0 heterocycles. The van der Waals surface area contributed by atoms with Gasteiger partial charge in [0.25, 0.3) is 0 Å². The Morgan fingerprint density at radius 3 is 2.67 bits per heavy atom. The molecule has 90 valence electrons. The minimum absolute atomic E-state index is 0.317. The van der Waals surface area contributed by atoms with Crippen LogP contribution in [0.3, 0.4) is 0 Å². The summed E-state index contributed by atoms with van der Waals surface area (Å²) in [6.07, 6.45) is 4.53. The first kappa shape index (κ1) is 12.9. The average Bonchev–Trinajstić information content (AvgIpc) is 3.05. The van der Waals surface area contributed by atoms with Gasteiger partial charge in [0.15, 0.2) is 0 Å². The minimum Gasteiger partial charge on any atom is -0.389 e. The molecule has 1 N–H and O–H groups in total. The molecular formula is C12H25NO2. The SMILES string of the molecule is CCCCOCC(O)CN(CC)C1CC1. The van der Waals surface area contributed by atoms with Crippen molar-refractivity contribution < 1.29 is 9.84 Å². The zero-order valence-corrected chi connectivity index (χ0v) is 10.1. The van der Waals surface area contributed by atoms with Gasteiger partial charge in [0.1, 0.15) is 0 Å². The Bertz CT molecular complexity index is 160. The number of hydrogen-bond acceptors (Lipinski definition) is 3. The molecule has 1 atom stereocenters. The molecule has 3 nitrogen and oxygen atoms in total. The number of unbranched alkanes of at least 4 members (excludes halogenated alkanes) is 1. The van der Waals surface area contributed by atoms with Crippen molar-refractivity contribution in [1.82, 2.24) is 4.90 Å². The van der Waals surface area contributed by atoms with E-state index >= 15 is 0 Å². The summed E-state index contributed by atoms with van der Waals surface area (Å²) >= 11 is 0. The van der Waals surface area contributed by atoms with Crippen LogP contribution in [0.15, 0.2) is 0 Å². The fourth-order valence-corrected chi connectivity index (χ4v) is 1.77. The number of nitrogens with zero attached hydrogens (tertiary/aromatic N) is 1. The van der Waals surface area contributed by atoms with E-state index < -0.39 is 0 Å². The number of likely N-dealkylation sites (N-methyl/N-ethyl adjacent to an activating group) is 1. The summed E-state index contributed by atoms with van der Waals surface area (Å²) in [5.41, 5.74) is 0. The summed E-state index contributed by atoms with van der Waals surface area (Å²) in [5, 5.41) is 9.76. The number of aliphatic hydroxyl groups excluding tert-OH is 1. The highest BCUT2D eigenvalue weighted by Crippen LogP contribution is 2.26. The molecule has 1 fully saturated rings. The van der Waals surface area contributed by atoms with E-state index in [-0.39, 0.29) is 6.10 Å². The van der Waals surface area contributed by atoms with Crippen LogP contribution >= 0.6 is 0 Å². The summed E-state index contributed by atoms with van der Waals surface area (Å²) in [4.78, 5) is 2.36. The molecule has 1 aliphatic carbocycles. The lowest BCUT2D eigenvalue weighted by Gasteiger charge is -2.23. The molecule has 15 heavy (non-hydrogen) atoms. The molecule has 0 spiro atoms. The zero-order valence-electron chi connectivity index (χ0n) is 10.1. The van der Waals surface area contributed by atoms with Crippen molar-refractivity contribution in [2.45, 2.75) is 51.7 Å². The van der Waals surface area contributed by atoms with Gasteiger partial charge >= 0.3 is 0 Å². The van der Waals surface area contributed by atoms with E-state index in [1.54, 1.807) is 0 Å². The molecule has 0 bridgehead atoms. The van der Waals surface area contributed by atoms with Crippen molar-refractivity contribution in [3.63, 3.8) is 0 Å². The molecule has 3 heteroatoms. The third-order valence-corrected chi connectivity index (χ3v) is 2.87. The maximum absolute atomic E-state index is 9.76. The predicted octanol–water partition coefficient (Wildman–Crippen LogP) is 1.65. The van der Waals surface area contributed by atoms with Gasteiger partial charge in [-0.05, 0) is 25.8 Å². The maximum Gasteiger partial charge on any atom is 0.0900 e. The minimum atomic E-state index is -0.317. The fourth-order valence-electron chi connectivity index (χ4n) is 1.77. The Labute approximate surface area is 93.4 Å². The maximum atomic E-state index is 9.76. The monoisotopic (exact) mass is 215 g/mol. The van der Waals surface area contributed by atoms with Crippen LogP contribution in [0.4, 0.5) is 0 Å². The lowest BCUT2D eigenvalue weighted by Crippen LogP contribution is -2.36. The van der Waals surface area contributed by atoms with Crippen molar-refractivity contribution in [1.29, 1.82) is 0 Å². The van der Waals surface area contributed by atoms with Gasteiger partial charge in [-0.25, -0.2) is 0 Å². The van der Waals surface area contributed by atoms with Crippen LogP contribution in [-0.4, -0.2) is 48.5 Å². The lowest BCUT2D eigenvalue weighted by atomic mass is 10.3. The third kappa shape index (κ3) is 5.50. The molecule has 0 amide bonds. The lowest BCUT2D eigenvalue weighted by molar-refractivity contribution is 0.0152. The highest BCUT2D eigenvalue weighted by atomic mass is 16.5. The van der Waals surface area contributed by atoms with Gasteiger partial charge in [0, 0.05) is 19.2 Å². The molecule has 0 saturated heterocycles. The first-order chi connectivity index (χ1) is 7.27. The fraction of sp³-hybridized carbons (Fsp3) is 1.00. The number of aliphatic hydroxyl groups is 1. The van der Waals surface area contributed by atoms with Gasteiger partial charge in [-0.1, -0.05) is 20.3 Å². The van der Waals surface area contributed by atoms with Crippen LogP contribution in [0.1, 0.15) is 39.5 Å². The standard InChI is InChI=1S/C12H25NO2/c1-3-5-8-15-10-12(14)9-13(4-2)11-6-7-11/h11-12,14H,3-10H2,1-2H3. The average molecular weight is 215 g/mol. The van der Waals surface area contributed by atoms with E-state index in [2.05, 4.69) is 18.7 Å². The second-order valence-corrected chi connectivity index (χ2v) is 4.40. The van der Waals surface area contributed by atoms with Crippen LogP contribution in [0.25, 0.3) is 0 Å². The molecule has 0 radical (unpaired) electrons. The van der Waals surface area contributed by atoms with Crippen LogP contribution in [0, 0.1) is 0 Å². The Hall–Kier alpha value is -0.120. The van der Waals surface area contributed by atoms with Crippen LogP contribution in [0.2, 0.25) is 0 Å². The normalized spacial score (nSPS) is 18.4. The smallest absolute Gasteiger partial charge is 0.0900 e. The number of rotatable bonds is 9. The van der Waals surface area contributed by atoms with Gasteiger partial charge in [-0.3, -0.25) is 4.90 Å². The van der Waals surface area contributed by atoms with Gasteiger partial charge in [0.05, 0.1) is 12.7 Å². The Kier molecular flexibility index (Phi) is 6.22. The van der Waals surface area contributed by atoms with Gasteiger partial charge in [0.2, 0.25) is 0 Å². The molecule has 0 aromatic carbocycles. The molecule has 1 rings (SSSR count). The summed E-state index contributed by atoms with van der Waals surface area (Å²) in [6.45, 7) is 7.38. The second kappa shape index (κ2) is 7.20. The van der Waals surface area contributed by atoms with E-state index in [4.69, 9.17) is 4.74 Å². The molecule has 1 unspecified atom stereocenters. The van der Waals surface area contributed by atoms with Crippen LogP contribution in [0.5, 0.6) is 0 Å². The first-order valence-electron chi connectivity index (χ1n) is 6.27. The van der Waals surface area contributed by atoms with E-state index in [9.17, 15) is 5.11 Å². The molecule has 0 aromatic heterocycles. The molecule has 0 aliphatic heterocycles. The van der Waals surface area contributed by atoms with Gasteiger partial charge in [-0.15, -0.1) is 0 Å². The Morgan fingerprint density at radius 1 is 1.40 bits per heavy atom. The van der Waals surface area contributed by atoms with Crippen LogP contribution < -0.4 is 0 Å². The van der Waals surface area contributed by atoms with Crippen molar-refractivity contribution in [3.05, 3.63) is 0 Å². The van der Waals surface area contributed by atoms with Gasteiger partial charge in [-0.2, -0.15) is 0 Å². The first-order valence-corrected chi connectivity index (χ1v) is 6.27. The Balaban J connectivity index is 2.02. The van der Waals surface area contributed by atoms with Crippen molar-refractivity contribution in [3.8, 4) is 0 Å². The van der Waals surface area contributed by atoms with E-state index in [0.717, 1.165) is 38.6 Å². The molecule has 1 aliphatic rings. The molecule has 1 saturated carbocycles. The zero-order chi connectivity index (χ0) is 11.1. The quantitative estimate of drug-likeness (QED) is 0.594. The highest BCUT2D eigenvalue weighted by molar-refractivity contribution is 4.84.